The molecule has 0 N–H and O–H groups in total. The molecule has 1 aromatic heterocycles. The number of hydrogen-bond donors (Lipinski definition) is 0. The van der Waals surface area contributed by atoms with Crippen LogP contribution in [-0.2, 0) is 18.4 Å². The lowest BCUT2D eigenvalue weighted by molar-refractivity contribution is -0.385. The van der Waals surface area contributed by atoms with Crippen molar-refractivity contribution in [1.82, 2.24) is 14.4 Å². The summed E-state index contributed by atoms with van der Waals surface area (Å²) in [5.41, 5.74) is 1.68. The van der Waals surface area contributed by atoms with E-state index in [2.05, 4.69) is 0 Å². The second-order valence-electron chi connectivity index (χ2n) is 7.85. The second kappa shape index (κ2) is 9.11. The Kier molecular flexibility index (Phi) is 6.54. The van der Waals surface area contributed by atoms with E-state index in [1.54, 1.807) is 19.1 Å². The van der Waals surface area contributed by atoms with Gasteiger partial charge in [-0.2, -0.15) is 0 Å². The van der Waals surface area contributed by atoms with E-state index in [0.717, 1.165) is 18.5 Å². The molecular formula is C22H28N4O4. The highest BCUT2D eigenvalue weighted by Gasteiger charge is 2.34. The molecule has 1 fully saturated rings. The smallest absolute Gasteiger partial charge is 0.273 e. The maximum Gasteiger partial charge on any atom is 0.273 e. The van der Waals surface area contributed by atoms with Crippen molar-refractivity contribution in [3.05, 3.63) is 63.5 Å². The molecule has 0 bridgehead atoms. The molecular weight excluding hydrogens is 384 g/mol. The highest BCUT2D eigenvalue weighted by molar-refractivity contribution is 5.97. The Balaban J connectivity index is 1.77. The van der Waals surface area contributed by atoms with Crippen LogP contribution >= 0.6 is 0 Å². The highest BCUT2D eigenvalue weighted by Crippen LogP contribution is 2.29. The monoisotopic (exact) mass is 412 g/mol. The van der Waals surface area contributed by atoms with E-state index in [4.69, 9.17) is 0 Å². The minimum absolute atomic E-state index is 0.0325. The van der Waals surface area contributed by atoms with Crippen LogP contribution in [0, 0.1) is 17.0 Å². The van der Waals surface area contributed by atoms with E-state index >= 15 is 0 Å². The molecule has 1 saturated carbocycles. The fraction of sp³-hybridized carbons (Fsp3) is 0.455. The van der Waals surface area contributed by atoms with Gasteiger partial charge in [0.15, 0.2) is 0 Å². The van der Waals surface area contributed by atoms with Gasteiger partial charge in [0.2, 0.25) is 5.91 Å². The van der Waals surface area contributed by atoms with Crippen LogP contribution in [0.1, 0.15) is 47.8 Å². The molecule has 1 aliphatic rings. The molecule has 8 heteroatoms. The van der Waals surface area contributed by atoms with E-state index in [0.29, 0.717) is 25.1 Å². The van der Waals surface area contributed by atoms with Gasteiger partial charge in [-0.1, -0.05) is 13.0 Å². The third-order valence-electron chi connectivity index (χ3n) is 5.45. The van der Waals surface area contributed by atoms with E-state index in [1.807, 2.05) is 41.8 Å². The molecule has 1 aromatic carbocycles. The van der Waals surface area contributed by atoms with Crippen molar-refractivity contribution < 1.29 is 14.5 Å². The van der Waals surface area contributed by atoms with Crippen LogP contribution in [0.15, 0.2) is 36.5 Å². The number of nitro groups is 1. The number of nitrogens with zero attached hydrogens (tertiary/aromatic N) is 4. The number of aromatic nitrogens is 1. The van der Waals surface area contributed by atoms with Gasteiger partial charge in [-0.25, -0.2) is 0 Å². The van der Waals surface area contributed by atoms with E-state index in [1.165, 1.54) is 11.0 Å². The molecule has 0 aliphatic heterocycles. The quantitative estimate of drug-likeness (QED) is 0.467. The number of carbonyl (C=O) groups is 2. The lowest BCUT2D eigenvalue weighted by Crippen LogP contribution is -2.44. The summed E-state index contributed by atoms with van der Waals surface area (Å²) >= 11 is 0. The van der Waals surface area contributed by atoms with Gasteiger partial charge in [-0.3, -0.25) is 19.7 Å². The molecule has 3 rings (SSSR count). The van der Waals surface area contributed by atoms with Gasteiger partial charge in [0.05, 0.1) is 11.5 Å². The third-order valence-corrected chi connectivity index (χ3v) is 5.45. The van der Waals surface area contributed by atoms with Gasteiger partial charge in [-0.15, -0.1) is 0 Å². The summed E-state index contributed by atoms with van der Waals surface area (Å²) in [5.74, 6) is -0.454. The topological polar surface area (TPSA) is 88.7 Å². The first-order valence-electron chi connectivity index (χ1n) is 10.3. The SMILES string of the molecule is CCCN(CC(=O)N(Cc1cccn1C)C1CC1)C(=O)c1ccc(C)c([N+](=O)[O-])c1. The number of hydrogen-bond acceptors (Lipinski definition) is 4. The summed E-state index contributed by atoms with van der Waals surface area (Å²) in [6.45, 7) is 4.46. The van der Waals surface area contributed by atoms with Crippen LogP contribution in [0.3, 0.4) is 0 Å². The minimum Gasteiger partial charge on any atom is -0.353 e. The first-order chi connectivity index (χ1) is 14.3. The number of nitro benzene ring substituents is 1. The van der Waals surface area contributed by atoms with Crippen molar-refractivity contribution in [1.29, 1.82) is 0 Å². The largest absolute Gasteiger partial charge is 0.353 e. The van der Waals surface area contributed by atoms with Crippen LogP contribution < -0.4 is 0 Å². The molecule has 0 radical (unpaired) electrons. The van der Waals surface area contributed by atoms with Gasteiger partial charge in [0.25, 0.3) is 11.6 Å². The third kappa shape index (κ3) is 4.87. The standard InChI is InChI=1S/C22H28N4O4/c1-4-11-24(22(28)17-8-7-16(2)20(13-17)26(29)30)15-21(27)25(18-9-10-18)14-19-6-5-12-23(19)3/h5-8,12-13,18H,4,9-11,14-15H2,1-3H3. The zero-order chi connectivity index (χ0) is 21.8. The summed E-state index contributed by atoms with van der Waals surface area (Å²) in [6, 6.07) is 8.61. The average molecular weight is 412 g/mol. The Morgan fingerprint density at radius 1 is 1.27 bits per heavy atom. The lowest BCUT2D eigenvalue weighted by atomic mass is 10.1. The number of rotatable bonds is 9. The zero-order valence-corrected chi connectivity index (χ0v) is 17.7. The van der Waals surface area contributed by atoms with Gasteiger partial charge < -0.3 is 14.4 Å². The van der Waals surface area contributed by atoms with Crippen LogP contribution in [-0.4, -0.2) is 50.2 Å². The molecule has 0 atom stereocenters. The fourth-order valence-corrected chi connectivity index (χ4v) is 3.54. The second-order valence-corrected chi connectivity index (χ2v) is 7.85. The molecule has 1 aliphatic carbocycles. The van der Waals surface area contributed by atoms with E-state index in [-0.39, 0.29) is 35.7 Å². The first kappa shape index (κ1) is 21.5. The van der Waals surface area contributed by atoms with E-state index < -0.39 is 4.92 Å². The highest BCUT2D eigenvalue weighted by atomic mass is 16.6. The molecule has 1 heterocycles. The molecule has 0 spiro atoms. The van der Waals surface area contributed by atoms with Crippen molar-refractivity contribution in [2.75, 3.05) is 13.1 Å². The summed E-state index contributed by atoms with van der Waals surface area (Å²) in [7, 11) is 1.95. The van der Waals surface area contributed by atoms with Crippen LogP contribution in [0.2, 0.25) is 0 Å². The maximum absolute atomic E-state index is 13.1. The Hall–Kier alpha value is -3.16. The first-order valence-corrected chi connectivity index (χ1v) is 10.3. The number of benzene rings is 1. The van der Waals surface area contributed by atoms with Crippen molar-refractivity contribution in [2.24, 2.45) is 7.05 Å². The zero-order valence-electron chi connectivity index (χ0n) is 17.7. The van der Waals surface area contributed by atoms with Gasteiger partial charge in [-0.05, 0) is 44.4 Å². The molecule has 0 saturated heterocycles. The lowest BCUT2D eigenvalue weighted by Gasteiger charge is -2.28. The van der Waals surface area contributed by atoms with Crippen molar-refractivity contribution >= 4 is 17.5 Å². The van der Waals surface area contributed by atoms with Crippen LogP contribution in [0.4, 0.5) is 5.69 Å². The van der Waals surface area contributed by atoms with Gasteiger partial charge >= 0.3 is 0 Å². The van der Waals surface area contributed by atoms with E-state index in [9.17, 15) is 19.7 Å². The summed E-state index contributed by atoms with van der Waals surface area (Å²) in [5, 5.41) is 11.2. The summed E-state index contributed by atoms with van der Waals surface area (Å²) in [6.07, 6.45) is 4.58. The van der Waals surface area contributed by atoms with Gasteiger partial charge in [0, 0.05) is 48.7 Å². The predicted molar refractivity (Wildman–Crippen MR) is 113 cm³/mol. The fourth-order valence-electron chi connectivity index (χ4n) is 3.54. The molecule has 8 nitrogen and oxygen atoms in total. The van der Waals surface area contributed by atoms with Gasteiger partial charge in [0.1, 0.15) is 6.54 Å². The molecule has 160 valence electrons. The Morgan fingerprint density at radius 2 is 2.00 bits per heavy atom. The number of aryl methyl sites for hydroxylation is 2. The Bertz CT molecular complexity index is 948. The normalized spacial score (nSPS) is 13.2. The molecule has 0 unspecified atom stereocenters. The molecule has 30 heavy (non-hydrogen) atoms. The van der Waals surface area contributed by atoms with Crippen LogP contribution in [0.25, 0.3) is 0 Å². The number of amides is 2. The summed E-state index contributed by atoms with van der Waals surface area (Å²) in [4.78, 5) is 40.3. The summed E-state index contributed by atoms with van der Waals surface area (Å²) < 4.78 is 1.99. The molecule has 2 amide bonds. The maximum atomic E-state index is 13.1. The Morgan fingerprint density at radius 3 is 2.57 bits per heavy atom. The average Bonchev–Trinajstić information content (AvgIpc) is 3.47. The van der Waals surface area contributed by atoms with Crippen molar-refractivity contribution in [2.45, 2.75) is 45.7 Å². The Labute approximate surface area is 176 Å². The van der Waals surface area contributed by atoms with Crippen LogP contribution in [0.5, 0.6) is 0 Å². The minimum atomic E-state index is -0.490. The van der Waals surface area contributed by atoms with Crippen molar-refractivity contribution in [3.8, 4) is 0 Å². The van der Waals surface area contributed by atoms with Crippen molar-refractivity contribution in [3.63, 3.8) is 0 Å². The molecule has 2 aromatic rings. The number of carbonyl (C=O) groups excluding carboxylic acids is 2. The predicted octanol–water partition coefficient (Wildman–Crippen LogP) is 3.29.